The third-order valence-corrected chi connectivity index (χ3v) is 5.41. The molecule has 4 rings (SSSR count). The van der Waals surface area contributed by atoms with Crippen molar-refractivity contribution in [1.82, 2.24) is 9.58 Å². The second kappa shape index (κ2) is 7.40. The Morgan fingerprint density at radius 2 is 2.03 bits per heavy atom. The summed E-state index contributed by atoms with van der Waals surface area (Å²) in [5, 5.41) is 12.2. The first-order valence-electron chi connectivity index (χ1n) is 9.53. The van der Waals surface area contributed by atoms with Crippen LogP contribution in [0.3, 0.4) is 0 Å². The molecule has 0 fully saturated rings. The minimum Gasteiger partial charge on any atom is -0.502 e. The van der Waals surface area contributed by atoms with Crippen LogP contribution >= 0.6 is 0 Å². The average molecular weight is 415 g/mol. The second-order valence-electron chi connectivity index (χ2n) is 7.13. The first kappa shape index (κ1) is 19.8. The summed E-state index contributed by atoms with van der Waals surface area (Å²) in [5.74, 6) is -3.40. The van der Waals surface area contributed by atoms with Gasteiger partial charge in [0.15, 0.2) is 17.2 Å². The number of hydrogen-bond acceptors (Lipinski definition) is 5. The van der Waals surface area contributed by atoms with Crippen LogP contribution in [0.2, 0.25) is 0 Å². The summed E-state index contributed by atoms with van der Waals surface area (Å²) >= 11 is 0. The number of nitrogens with zero attached hydrogens (tertiary/aromatic N) is 3. The number of benzene rings is 1. The predicted octanol–water partition coefficient (Wildman–Crippen LogP) is 1.96. The molecule has 0 radical (unpaired) electrons. The van der Waals surface area contributed by atoms with E-state index in [1.807, 2.05) is 12.2 Å². The van der Waals surface area contributed by atoms with Crippen LogP contribution in [-0.4, -0.2) is 45.6 Å². The zero-order chi connectivity index (χ0) is 21.6. The highest BCUT2D eigenvalue weighted by Crippen LogP contribution is 2.27. The van der Waals surface area contributed by atoms with Crippen LogP contribution in [0.5, 0.6) is 5.75 Å². The fraction of sp³-hybridized carbons (Fsp3) is 0.286. The molecule has 0 unspecified atom stereocenters. The number of aromatic hydroxyl groups is 1. The van der Waals surface area contributed by atoms with Crippen molar-refractivity contribution in [3.05, 3.63) is 75.2 Å². The Morgan fingerprint density at radius 1 is 1.27 bits per heavy atom. The number of rotatable bonds is 5. The number of ketones is 1. The maximum absolute atomic E-state index is 13.8. The molecule has 1 aromatic heterocycles. The fourth-order valence-electron chi connectivity index (χ4n) is 3.86. The van der Waals surface area contributed by atoms with E-state index in [1.54, 1.807) is 11.9 Å². The topological polar surface area (TPSA) is 82.9 Å². The molecule has 0 saturated heterocycles. The Balaban J connectivity index is 1.68. The third-order valence-electron chi connectivity index (χ3n) is 5.41. The Hall–Kier alpha value is -3.49. The van der Waals surface area contributed by atoms with E-state index in [-0.39, 0.29) is 35.8 Å². The van der Waals surface area contributed by atoms with Gasteiger partial charge in [0.2, 0.25) is 5.43 Å². The number of aryl methyl sites for hydroxylation is 1. The number of aromatic nitrogens is 1. The van der Waals surface area contributed by atoms with Gasteiger partial charge in [-0.25, -0.2) is 8.78 Å². The number of amides is 1. The van der Waals surface area contributed by atoms with Crippen LogP contribution < -0.4 is 10.4 Å². The van der Waals surface area contributed by atoms with E-state index in [0.29, 0.717) is 13.1 Å². The van der Waals surface area contributed by atoms with Crippen molar-refractivity contribution < 1.29 is 23.5 Å². The monoisotopic (exact) mass is 415 g/mol. The number of pyridine rings is 1. The van der Waals surface area contributed by atoms with Gasteiger partial charge in [0.05, 0.1) is 12.1 Å². The standard InChI is InChI=1S/C21H19F2N3O4/c1-2-24-17-4-3-9-25(17)26-11-14(19(28)20(29)18(26)21(24)30)16(27)8-6-12-5-7-13(22)10-15(12)23/h3-5,7,10-11,17,29H,2,6,8-9H2,1H3/t17-/m0/s1. The Kier molecular flexibility index (Phi) is 4.89. The van der Waals surface area contributed by atoms with Gasteiger partial charge in [-0.2, -0.15) is 0 Å². The van der Waals surface area contributed by atoms with Crippen LogP contribution in [0.25, 0.3) is 0 Å². The molecule has 2 aliphatic heterocycles. The molecule has 1 aromatic carbocycles. The first-order valence-corrected chi connectivity index (χ1v) is 9.53. The molecular formula is C21H19F2N3O4. The van der Waals surface area contributed by atoms with Crippen molar-refractivity contribution in [2.45, 2.75) is 25.9 Å². The number of carbonyl (C=O) groups is 2. The van der Waals surface area contributed by atoms with Crippen LogP contribution in [-0.2, 0) is 6.42 Å². The Bertz CT molecular complexity index is 1140. The molecule has 156 valence electrons. The molecule has 1 N–H and O–H groups in total. The minimum absolute atomic E-state index is 0.0384. The van der Waals surface area contributed by atoms with Gasteiger partial charge in [-0.3, -0.25) is 24.1 Å². The summed E-state index contributed by atoms with van der Waals surface area (Å²) in [5.41, 5.74) is -1.28. The van der Waals surface area contributed by atoms with Crippen LogP contribution in [0, 0.1) is 11.6 Å². The van der Waals surface area contributed by atoms with E-state index in [1.165, 1.54) is 21.8 Å². The fourth-order valence-corrected chi connectivity index (χ4v) is 3.86. The van der Waals surface area contributed by atoms with Gasteiger partial charge in [-0.1, -0.05) is 12.1 Å². The van der Waals surface area contributed by atoms with Crippen LogP contribution in [0.4, 0.5) is 8.78 Å². The lowest BCUT2D eigenvalue weighted by Crippen LogP contribution is -2.58. The van der Waals surface area contributed by atoms with Gasteiger partial charge in [0.1, 0.15) is 17.8 Å². The molecule has 2 aromatic rings. The summed E-state index contributed by atoms with van der Waals surface area (Å²) in [7, 11) is 0. The highest BCUT2D eigenvalue weighted by molar-refractivity contribution is 6.00. The molecule has 0 spiro atoms. The van der Waals surface area contributed by atoms with Crippen molar-refractivity contribution in [2.24, 2.45) is 0 Å². The van der Waals surface area contributed by atoms with E-state index >= 15 is 0 Å². The molecule has 7 nitrogen and oxygen atoms in total. The maximum atomic E-state index is 13.8. The van der Waals surface area contributed by atoms with E-state index in [4.69, 9.17) is 0 Å². The summed E-state index contributed by atoms with van der Waals surface area (Å²) < 4.78 is 28.2. The van der Waals surface area contributed by atoms with Crippen molar-refractivity contribution >= 4 is 11.7 Å². The first-order chi connectivity index (χ1) is 14.3. The van der Waals surface area contributed by atoms with Gasteiger partial charge in [-0.15, -0.1) is 0 Å². The largest absolute Gasteiger partial charge is 0.502 e. The second-order valence-corrected chi connectivity index (χ2v) is 7.13. The summed E-state index contributed by atoms with van der Waals surface area (Å²) in [6.07, 6.45) is 4.30. The smallest absolute Gasteiger partial charge is 0.278 e. The zero-order valence-corrected chi connectivity index (χ0v) is 16.1. The SMILES string of the molecule is CCN1C(=O)c2c(O)c(=O)c(C(=O)CCc3ccc(F)cc3F)cn2N2CC=C[C@@H]12. The van der Waals surface area contributed by atoms with Gasteiger partial charge < -0.3 is 10.0 Å². The Morgan fingerprint density at radius 3 is 2.73 bits per heavy atom. The lowest BCUT2D eigenvalue weighted by atomic mass is 10.0. The highest BCUT2D eigenvalue weighted by Gasteiger charge is 2.40. The molecule has 2 aliphatic rings. The molecule has 0 aliphatic carbocycles. The van der Waals surface area contributed by atoms with E-state index < -0.39 is 34.5 Å². The molecule has 3 heterocycles. The van der Waals surface area contributed by atoms with Crippen LogP contribution in [0.1, 0.15) is 39.8 Å². The van der Waals surface area contributed by atoms with Crippen molar-refractivity contribution in [2.75, 3.05) is 18.1 Å². The lowest BCUT2D eigenvalue weighted by Gasteiger charge is -2.42. The van der Waals surface area contributed by atoms with E-state index in [2.05, 4.69) is 0 Å². The predicted molar refractivity (Wildman–Crippen MR) is 104 cm³/mol. The summed E-state index contributed by atoms with van der Waals surface area (Å²) in [6.45, 7) is 2.60. The molecule has 0 saturated carbocycles. The van der Waals surface area contributed by atoms with Gasteiger partial charge in [0, 0.05) is 25.2 Å². The van der Waals surface area contributed by atoms with E-state index in [0.717, 1.165) is 12.1 Å². The number of Topliss-reactive ketones (excluding diaryl/α,β-unsaturated/α-hetero) is 1. The number of hydrogen-bond donors (Lipinski definition) is 1. The van der Waals surface area contributed by atoms with Crippen molar-refractivity contribution in [3.63, 3.8) is 0 Å². The number of carbonyl (C=O) groups excluding carboxylic acids is 2. The number of fused-ring (bicyclic) bond motifs is 3. The summed E-state index contributed by atoms with van der Waals surface area (Å²) in [6, 6.07) is 3.06. The zero-order valence-electron chi connectivity index (χ0n) is 16.1. The molecule has 0 bridgehead atoms. The van der Waals surface area contributed by atoms with E-state index in [9.17, 15) is 28.3 Å². The van der Waals surface area contributed by atoms with Crippen molar-refractivity contribution in [3.8, 4) is 5.75 Å². The summed E-state index contributed by atoms with van der Waals surface area (Å²) in [4.78, 5) is 39.6. The highest BCUT2D eigenvalue weighted by atomic mass is 19.1. The third kappa shape index (κ3) is 3.06. The number of likely N-dealkylation sites (N-methyl/N-ethyl adjacent to an activating group) is 1. The average Bonchev–Trinajstić information content (AvgIpc) is 3.19. The van der Waals surface area contributed by atoms with Crippen molar-refractivity contribution in [1.29, 1.82) is 0 Å². The minimum atomic E-state index is -0.944. The molecule has 1 atom stereocenters. The Labute approximate surface area is 170 Å². The van der Waals surface area contributed by atoms with Gasteiger partial charge in [-0.05, 0) is 31.1 Å². The lowest BCUT2D eigenvalue weighted by molar-refractivity contribution is 0.0644. The van der Waals surface area contributed by atoms with Gasteiger partial charge in [0.25, 0.3) is 5.91 Å². The molecule has 9 heteroatoms. The molecule has 30 heavy (non-hydrogen) atoms. The quantitative estimate of drug-likeness (QED) is 0.596. The van der Waals surface area contributed by atoms with Crippen LogP contribution in [0.15, 0.2) is 41.3 Å². The molecular weight excluding hydrogens is 396 g/mol. The normalized spacial score (nSPS) is 17.3. The number of halogens is 2. The maximum Gasteiger partial charge on any atom is 0.278 e. The van der Waals surface area contributed by atoms with Gasteiger partial charge >= 0.3 is 0 Å². The molecule has 1 amide bonds.